The molecular weight excluding hydrogens is 314 g/mol. The van der Waals surface area contributed by atoms with Crippen LogP contribution in [0.15, 0.2) is 48.5 Å². The number of aryl methyl sites for hydroxylation is 1. The van der Waals surface area contributed by atoms with Crippen molar-refractivity contribution in [2.75, 3.05) is 11.9 Å². The van der Waals surface area contributed by atoms with E-state index in [9.17, 15) is 9.59 Å². The highest BCUT2D eigenvalue weighted by atomic mass is 16.2. The van der Waals surface area contributed by atoms with Crippen molar-refractivity contribution in [3.63, 3.8) is 0 Å². The zero-order valence-corrected chi connectivity index (χ0v) is 14.3. The molecule has 0 atom stereocenters. The average molecular weight is 335 g/mol. The lowest BCUT2D eigenvalue weighted by Gasteiger charge is -2.08. The molecule has 25 heavy (non-hydrogen) atoms. The van der Waals surface area contributed by atoms with Crippen LogP contribution in [0.5, 0.6) is 0 Å². The Morgan fingerprint density at radius 2 is 1.88 bits per heavy atom. The first kappa shape index (κ1) is 16.8. The number of hydrogen-bond donors (Lipinski definition) is 3. The molecule has 0 saturated carbocycles. The minimum atomic E-state index is -0.160. The van der Waals surface area contributed by atoms with Gasteiger partial charge in [-0.2, -0.15) is 0 Å². The number of aromatic amines is 1. The van der Waals surface area contributed by atoms with E-state index in [1.165, 1.54) is 17.9 Å². The molecule has 0 bridgehead atoms. The molecule has 0 fully saturated rings. The van der Waals surface area contributed by atoms with E-state index < -0.39 is 0 Å². The number of carbonyl (C=O) groups is 2. The lowest BCUT2D eigenvalue weighted by Crippen LogP contribution is -2.25. The minimum absolute atomic E-state index is 0.148. The maximum absolute atomic E-state index is 12.3. The maximum atomic E-state index is 12.3. The number of rotatable bonds is 5. The zero-order valence-electron chi connectivity index (χ0n) is 14.3. The molecule has 0 aliphatic rings. The van der Waals surface area contributed by atoms with Gasteiger partial charge in [-0.3, -0.25) is 9.59 Å². The van der Waals surface area contributed by atoms with Gasteiger partial charge in [0, 0.05) is 41.3 Å². The second-order valence-corrected chi connectivity index (χ2v) is 6.04. The second-order valence-electron chi connectivity index (χ2n) is 6.04. The Morgan fingerprint density at radius 1 is 1.08 bits per heavy atom. The standard InChI is InChI=1S/C20H21N3O2/c1-13-17(18-8-3-4-9-19(18)22-13)10-11-21-20(25)15-6-5-7-16(12-15)23-14(2)24/h3-9,12,22H,10-11H2,1-2H3,(H,21,25)(H,23,24). The molecule has 0 spiro atoms. The Labute approximate surface area is 146 Å². The first-order chi connectivity index (χ1) is 12.0. The number of hydrogen-bond acceptors (Lipinski definition) is 2. The van der Waals surface area contributed by atoms with Crippen LogP contribution in [0.4, 0.5) is 5.69 Å². The number of aromatic nitrogens is 1. The number of carbonyl (C=O) groups excluding carboxylic acids is 2. The minimum Gasteiger partial charge on any atom is -0.358 e. The summed E-state index contributed by atoms with van der Waals surface area (Å²) in [5.74, 6) is -0.308. The van der Waals surface area contributed by atoms with Crippen LogP contribution in [0.1, 0.15) is 28.5 Å². The Hall–Kier alpha value is -3.08. The van der Waals surface area contributed by atoms with E-state index in [0.29, 0.717) is 17.8 Å². The zero-order chi connectivity index (χ0) is 17.8. The monoisotopic (exact) mass is 335 g/mol. The Bertz CT molecular complexity index is 928. The number of amides is 2. The first-order valence-corrected chi connectivity index (χ1v) is 8.26. The summed E-state index contributed by atoms with van der Waals surface area (Å²) in [5, 5.41) is 6.82. The SMILES string of the molecule is CC(=O)Nc1cccc(C(=O)NCCc2c(C)[nH]c3ccccc23)c1. The van der Waals surface area contributed by atoms with E-state index in [1.807, 2.05) is 19.1 Å². The highest BCUT2D eigenvalue weighted by Gasteiger charge is 2.10. The number of para-hydroxylation sites is 1. The third kappa shape index (κ3) is 3.88. The van der Waals surface area contributed by atoms with Gasteiger partial charge in [-0.25, -0.2) is 0 Å². The van der Waals surface area contributed by atoms with Gasteiger partial charge in [0.25, 0.3) is 5.91 Å². The highest BCUT2D eigenvalue weighted by molar-refractivity contribution is 5.96. The summed E-state index contributed by atoms with van der Waals surface area (Å²) in [6.45, 7) is 4.04. The van der Waals surface area contributed by atoms with E-state index in [-0.39, 0.29) is 11.8 Å². The number of benzene rings is 2. The largest absolute Gasteiger partial charge is 0.358 e. The van der Waals surface area contributed by atoms with Crippen molar-refractivity contribution in [2.45, 2.75) is 20.3 Å². The van der Waals surface area contributed by atoms with Crippen molar-refractivity contribution in [2.24, 2.45) is 0 Å². The lowest BCUT2D eigenvalue weighted by atomic mass is 10.1. The predicted molar refractivity (Wildman–Crippen MR) is 99.8 cm³/mol. The first-order valence-electron chi connectivity index (χ1n) is 8.26. The van der Waals surface area contributed by atoms with Crippen LogP contribution in [-0.2, 0) is 11.2 Å². The number of H-pyrrole nitrogens is 1. The molecule has 128 valence electrons. The number of fused-ring (bicyclic) bond motifs is 1. The number of nitrogens with one attached hydrogen (secondary N) is 3. The summed E-state index contributed by atoms with van der Waals surface area (Å²) in [5.41, 5.74) is 4.62. The summed E-state index contributed by atoms with van der Waals surface area (Å²) in [6, 6.07) is 15.1. The predicted octanol–water partition coefficient (Wildman–Crippen LogP) is 3.41. The molecule has 2 aromatic carbocycles. The Kier molecular flexibility index (Phi) is 4.84. The molecule has 0 unspecified atom stereocenters. The molecule has 3 N–H and O–H groups in total. The van der Waals surface area contributed by atoms with Crippen LogP contribution in [0.2, 0.25) is 0 Å². The van der Waals surface area contributed by atoms with Crippen molar-refractivity contribution in [1.82, 2.24) is 10.3 Å². The van der Waals surface area contributed by atoms with Gasteiger partial charge in [-0.1, -0.05) is 24.3 Å². The van der Waals surface area contributed by atoms with Crippen LogP contribution >= 0.6 is 0 Å². The normalized spacial score (nSPS) is 10.6. The van der Waals surface area contributed by atoms with Gasteiger partial charge in [0.1, 0.15) is 0 Å². The van der Waals surface area contributed by atoms with Crippen molar-refractivity contribution in [3.8, 4) is 0 Å². The number of anilines is 1. The molecule has 0 saturated heterocycles. The van der Waals surface area contributed by atoms with Crippen molar-refractivity contribution in [3.05, 3.63) is 65.4 Å². The fourth-order valence-corrected chi connectivity index (χ4v) is 3.00. The van der Waals surface area contributed by atoms with E-state index in [2.05, 4.69) is 27.8 Å². The molecule has 3 rings (SSSR count). The smallest absolute Gasteiger partial charge is 0.251 e. The van der Waals surface area contributed by atoms with Crippen LogP contribution < -0.4 is 10.6 Å². The molecule has 0 aliphatic carbocycles. The van der Waals surface area contributed by atoms with Gasteiger partial charge in [0.2, 0.25) is 5.91 Å². The van der Waals surface area contributed by atoms with Crippen LogP contribution in [0, 0.1) is 6.92 Å². The topological polar surface area (TPSA) is 74.0 Å². The van der Waals surface area contributed by atoms with Gasteiger partial charge >= 0.3 is 0 Å². The van der Waals surface area contributed by atoms with E-state index in [4.69, 9.17) is 0 Å². The molecule has 0 radical (unpaired) electrons. The van der Waals surface area contributed by atoms with Gasteiger partial charge in [0.15, 0.2) is 0 Å². The summed E-state index contributed by atoms with van der Waals surface area (Å²) in [4.78, 5) is 26.8. The van der Waals surface area contributed by atoms with Crippen LogP contribution in [-0.4, -0.2) is 23.3 Å². The van der Waals surface area contributed by atoms with Gasteiger partial charge in [-0.15, -0.1) is 0 Å². The fourth-order valence-electron chi connectivity index (χ4n) is 3.00. The molecule has 0 aliphatic heterocycles. The van der Waals surface area contributed by atoms with Crippen molar-refractivity contribution >= 4 is 28.4 Å². The summed E-state index contributed by atoms with van der Waals surface area (Å²) >= 11 is 0. The summed E-state index contributed by atoms with van der Waals surface area (Å²) in [6.07, 6.45) is 0.757. The van der Waals surface area contributed by atoms with Crippen LogP contribution in [0.25, 0.3) is 10.9 Å². The van der Waals surface area contributed by atoms with Crippen molar-refractivity contribution in [1.29, 1.82) is 0 Å². The molecule has 3 aromatic rings. The van der Waals surface area contributed by atoms with Crippen LogP contribution in [0.3, 0.4) is 0 Å². The fraction of sp³-hybridized carbons (Fsp3) is 0.200. The quantitative estimate of drug-likeness (QED) is 0.668. The Balaban J connectivity index is 1.64. The lowest BCUT2D eigenvalue weighted by molar-refractivity contribution is -0.114. The molecule has 5 heteroatoms. The molecule has 1 heterocycles. The van der Waals surface area contributed by atoms with Gasteiger partial charge < -0.3 is 15.6 Å². The summed E-state index contributed by atoms with van der Waals surface area (Å²) < 4.78 is 0. The molecule has 2 amide bonds. The molecule has 5 nitrogen and oxygen atoms in total. The Morgan fingerprint density at radius 3 is 2.68 bits per heavy atom. The summed E-state index contributed by atoms with van der Waals surface area (Å²) in [7, 11) is 0. The molecule has 1 aromatic heterocycles. The van der Waals surface area contributed by atoms with Gasteiger partial charge in [-0.05, 0) is 43.2 Å². The molecular formula is C20H21N3O2. The van der Waals surface area contributed by atoms with E-state index in [1.54, 1.807) is 24.3 Å². The third-order valence-corrected chi connectivity index (χ3v) is 4.13. The average Bonchev–Trinajstić information content (AvgIpc) is 2.90. The maximum Gasteiger partial charge on any atom is 0.251 e. The van der Waals surface area contributed by atoms with Crippen molar-refractivity contribution < 1.29 is 9.59 Å². The highest BCUT2D eigenvalue weighted by Crippen LogP contribution is 2.22. The second kappa shape index (κ2) is 7.21. The van der Waals surface area contributed by atoms with Gasteiger partial charge in [0.05, 0.1) is 0 Å². The third-order valence-electron chi connectivity index (χ3n) is 4.13. The van der Waals surface area contributed by atoms with E-state index in [0.717, 1.165) is 17.6 Å². The van der Waals surface area contributed by atoms with E-state index >= 15 is 0 Å².